The maximum atomic E-state index is 9.16. The fourth-order valence-electron chi connectivity index (χ4n) is 2.63. The molecule has 0 saturated heterocycles. The molecular weight excluding hydrogens is 200 g/mol. The molecule has 1 aliphatic carbocycles. The van der Waals surface area contributed by atoms with Gasteiger partial charge in [-0.2, -0.15) is 5.26 Å². The first-order valence-corrected chi connectivity index (χ1v) is 6.58. The van der Waals surface area contributed by atoms with E-state index in [1.54, 1.807) is 0 Å². The van der Waals surface area contributed by atoms with Gasteiger partial charge in [0.25, 0.3) is 0 Å². The van der Waals surface area contributed by atoms with Crippen LogP contribution in [0.15, 0.2) is 0 Å². The number of aliphatic hydroxyl groups excluding tert-OH is 1. The first-order chi connectivity index (χ1) is 7.83. The molecule has 2 unspecified atom stereocenters. The van der Waals surface area contributed by atoms with Crippen molar-refractivity contribution in [2.45, 2.75) is 51.5 Å². The van der Waals surface area contributed by atoms with E-state index in [2.05, 4.69) is 17.9 Å². The molecule has 92 valence electrons. The van der Waals surface area contributed by atoms with Crippen molar-refractivity contribution in [2.75, 3.05) is 19.7 Å². The minimum Gasteiger partial charge on any atom is -0.395 e. The third-order valence-electron chi connectivity index (χ3n) is 3.55. The Morgan fingerprint density at radius 2 is 2.06 bits per heavy atom. The fourth-order valence-corrected chi connectivity index (χ4v) is 2.63. The van der Waals surface area contributed by atoms with Crippen molar-refractivity contribution in [1.29, 1.82) is 5.26 Å². The molecule has 1 fully saturated rings. The van der Waals surface area contributed by atoms with Crippen LogP contribution in [0.4, 0.5) is 0 Å². The Balaban J connectivity index is 2.55. The quantitative estimate of drug-likeness (QED) is 0.752. The highest BCUT2D eigenvalue weighted by Crippen LogP contribution is 2.28. The highest BCUT2D eigenvalue weighted by Gasteiger charge is 2.29. The number of hydrogen-bond donors (Lipinski definition) is 1. The van der Waals surface area contributed by atoms with Gasteiger partial charge in [-0.1, -0.05) is 26.2 Å². The Hall–Kier alpha value is -0.590. The van der Waals surface area contributed by atoms with E-state index in [-0.39, 0.29) is 12.5 Å². The standard InChI is InChI=1S/C13H24N2O/c1-2-3-8-15(9-10-16)13-7-5-4-6-12(13)11-14/h12-13,16H,2-10H2,1H3. The van der Waals surface area contributed by atoms with Crippen molar-refractivity contribution in [3.63, 3.8) is 0 Å². The SMILES string of the molecule is CCCCN(CCO)C1CCCCC1C#N. The molecule has 2 atom stereocenters. The van der Waals surface area contributed by atoms with Crippen LogP contribution in [0.3, 0.4) is 0 Å². The Kier molecular flexibility index (Phi) is 6.44. The summed E-state index contributed by atoms with van der Waals surface area (Å²) in [6, 6.07) is 2.83. The smallest absolute Gasteiger partial charge is 0.0672 e. The lowest BCUT2D eigenvalue weighted by Crippen LogP contribution is -2.44. The first kappa shape index (κ1) is 13.5. The van der Waals surface area contributed by atoms with Crippen molar-refractivity contribution < 1.29 is 5.11 Å². The molecule has 0 aromatic heterocycles. The van der Waals surface area contributed by atoms with Crippen LogP contribution in [0.2, 0.25) is 0 Å². The van der Waals surface area contributed by atoms with Crippen LogP contribution in [0, 0.1) is 17.2 Å². The lowest BCUT2D eigenvalue weighted by molar-refractivity contribution is 0.101. The highest BCUT2D eigenvalue weighted by atomic mass is 16.3. The van der Waals surface area contributed by atoms with Gasteiger partial charge in [0.05, 0.1) is 18.6 Å². The zero-order valence-corrected chi connectivity index (χ0v) is 10.4. The Bertz CT molecular complexity index is 224. The summed E-state index contributed by atoms with van der Waals surface area (Å²) in [6.45, 7) is 4.14. The second-order valence-corrected chi connectivity index (χ2v) is 4.70. The molecule has 0 heterocycles. The van der Waals surface area contributed by atoms with Crippen LogP contribution in [0.25, 0.3) is 0 Å². The van der Waals surface area contributed by atoms with Crippen LogP contribution in [0.5, 0.6) is 0 Å². The van der Waals surface area contributed by atoms with Crippen LogP contribution in [-0.2, 0) is 0 Å². The van der Waals surface area contributed by atoms with Gasteiger partial charge in [-0.3, -0.25) is 4.90 Å². The Labute approximate surface area is 99.1 Å². The average molecular weight is 224 g/mol. The molecule has 0 radical (unpaired) electrons. The predicted octanol–water partition coefficient (Wildman–Crippen LogP) is 2.16. The normalized spacial score (nSPS) is 25.6. The van der Waals surface area contributed by atoms with E-state index < -0.39 is 0 Å². The molecule has 0 amide bonds. The van der Waals surface area contributed by atoms with Crippen molar-refractivity contribution in [2.24, 2.45) is 5.92 Å². The molecule has 1 N–H and O–H groups in total. The monoisotopic (exact) mass is 224 g/mol. The van der Waals surface area contributed by atoms with Crippen LogP contribution in [0.1, 0.15) is 45.4 Å². The summed E-state index contributed by atoms with van der Waals surface area (Å²) in [4.78, 5) is 2.33. The molecule has 0 bridgehead atoms. The molecule has 3 heteroatoms. The highest BCUT2D eigenvalue weighted by molar-refractivity contribution is 4.95. The van der Waals surface area contributed by atoms with E-state index in [1.807, 2.05) is 0 Å². The average Bonchev–Trinajstić information content (AvgIpc) is 2.34. The zero-order valence-electron chi connectivity index (χ0n) is 10.4. The Morgan fingerprint density at radius 1 is 1.31 bits per heavy atom. The van der Waals surface area contributed by atoms with Crippen molar-refractivity contribution in [3.8, 4) is 6.07 Å². The van der Waals surface area contributed by atoms with Crippen molar-refractivity contribution in [3.05, 3.63) is 0 Å². The lowest BCUT2D eigenvalue weighted by Gasteiger charge is -2.37. The van der Waals surface area contributed by atoms with Gasteiger partial charge in [-0.15, -0.1) is 0 Å². The molecule has 1 aliphatic rings. The minimum absolute atomic E-state index is 0.178. The molecule has 0 spiro atoms. The van der Waals surface area contributed by atoms with Gasteiger partial charge in [-0.25, -0.2) is 0 Å². The van der Waals surface area contributed by atoms with E-state index in [4.69, 9.17) is 10.4 Å². The van der Waals surface area contributed by atoms with E-state index in [1.165, 1.54) is 19.3 Å². The molecule has 0 aromatic rings. The molecule has 1 saturated carbocycles. The van der Waals surface area contributed by atoms with Gasteiger partial charge in [-0.05, 0) is 25.8 Å². The predicted molar refractivity (Wildman–Crippen MR) is 64.9 cm³/mol. The number of rotatable bonds is 6. The van der Waals surface area contributed by atoms with Crippen molar-refractivity contribution >= 4 is 0 Å². The van der Waals surface area contributed by atoms with Gasteiger partial charge in [0.1, 0.15) is 0 Å². The molecule has 1 rings (SSSR count). The van der Waals surface area contributed by atoms with E-state index in [0.29, 0.717) is 6.04 Å². The van der Waals surface area contributed by atoms with Gasteiger partial charge < -0.3 is 5.11 Å². The largest absolute Gasteiger partial charge is 0.395 e. The molecule has 0 aliphatic heterocycles. The number of unbranched alkanes of at least 4 members (excludes halogenated alkanes) is 1. The molecule has 0 aromatic carbocycles. The van der Waals surface area contributed by atoms with E-state index in [0.717, 1.165) is 32.4 Å². The number of nitriles is 1. The van der Waals surface area contributed by atoms with E-state index >= 15 is 0 Å². The maximum absolute atomic E-state index is 9.16. The number of hydrogen-bond acceptors (Lipinski definition) is 3. The third kappa shape index (κ3) is 3.77. The number of nitrogens with zero attached hydrogens (tertiary/aromatic N) is 2. The van der Waals surface area contributed by atoms with E-state index in [9.17, 15) is 0 Å². The number of aliphatic hydroxyl groups is 1. The maximum Gasteiger partial charge on any atom is 0.0672 e. The van der Waals surface area contributed by atoms with Crippen molar-refractivity contribution in [1.82, 2.24) is 4.90 Å². The molecule has 3 nitrogen and oxygen atoms in total. The van der Waals surface area contributed by atoms with Crippen LogP contribution < -0.4 is 0 Å². The third-order valence-corrected chi connectivity index (χ3v) is 3.55. The topological polar surface area (TPSA) is 47.3 Å². The Morgan fingerprint density at radius 3 is 2.69 bits per heavy atom. The summed E-state index contributed by atoms with van der Waals surface area (Å²) in [5, 5.41) is 18.3. The summed E-state index contributed by atoms with van der Waals surface area (Å²) in [7, 11) is 0. The minimum atomic E-state index is 0.178. The molecule has 16 heavy (non-hydrogen) atoms. The summed E-state index contributed by atoms with van der Waals surface area (Å²) < 4.78 is 0. The van der Waals surface area contributed by atoms with Gasteiger partial charge >= 0.3 is 0 Å². The van der Waals surface area contributed by atoms with Gasteiger partial charge in [0.2, 0.25) is 0 Å². The van der Waals surface area contributed by atoms with Crippen LogP contribution >= 0.6 is 0 Å². The second kappa shape index (κ2) is 7.65. The van der Waals surface area contributed by atoms with Crippen LogP contribution in [-0.4, -0.2) is 35.7 Å². The van der Waals surface area contributed by atoms with Gasteiger partial charge in [0.15, 0.2) is 0 Å². The fraction of sp³-hybridized carbons (Fsp3) is 0.923. The lowest BCUT2D eigenvalue weighted by atomic mass is 9.84. The zero-order chi connectivity index (χ0) is 11.8. The first-order valence-electron chi connectivity index (χ1n) is 6.58. The molecular formula is C13H24N2O. The summed E-state index contributed by atoms with van der Waals surface area (Å²) in [5.41, 5.74) is 0. The van der Waals surface area contributed by atoms with Gasteiger partial charge in [0, 0.05) is 12.6 Å². The second-order valence-electron chi connectivity index (χ2n) is 4.70. The summed E-state index contributed by atoms with van der Waals surface area (Å²) >= 11 is 0. The summed E-state index contributed by atoms with van der Waals surface area (Å²) in [6.07, 6.45) is 6.92. The summed E-state index contributed by atoms with van der Waals surface area (Å²) in [5.74, 6) is 0.178.